The molecule has 110 valence electrons. The predicted molar refractivity (Wildman–Crippen MR) is 86.0 cm³/mol. The van der Waals surface area contributed by atoms with E-state index in [0.29, 0.717) is 18.7 Å². The lowest BCUT2D eigenvalue weighted by Gasteiger charge is -2.17. The lowest BCUT2D eigenvalue weighted by atomic mass is 10.1. The van der Waals surface area contributed by atoms with Crippen LogP contribution in [0, 0.1) is 0 Å². The number of aliphatic hydroxyl groups excluding tert-OH is 1. The smallest absolute Gasteiger partial charge is 0.338 e. The first-order valence-corrected chi connectivity index (χ1v) is 7.72. The van der Waals surface area contributed by atoms with Crippen LogP contribution in [-0.4, -0.2) is 47.1 Å². The number of carbonyl (C=O) groups is 1. The molecule has 0 radical (unpaired) electrons. The molecule has 0 saturated heterocycles. The Bertz CT molecular complexity index is 448. The molecule has 0 aliphatic heterocycles. The molecule has 1 N–H and O–H groups in total. The molecule has 6 heteroatoms. The highest BCUT2D eigenvalue weighted by molar-refractivity contribution is 8.22. The highest BCUT2D eigenvalue weighted by Crippen LogP contribution is 2.16. The number of benzene rings is 1. The van der Waals surface area contributed by atoms with Crippen molar-refractivity contribution in [2.24, 2.45) is 0 Å². The van der Waals surface area contributed by atoms with E-state index in [4.69, 9.17) is 22.1 Å². The highest BCUT2D eigenvalue weighted by Gasteiger charge is 2.07. The van der Waals surface area contributed by atoms with Crippen molar-refractivity contribution in [3.8, 4) is 0 Å². The molecule has 0 spiro atoms. The van der Waals surface area contributed by atoms with Gasteiger partial charge in [-0.1, -0.05) is 36.1 Å². The van der Waals surface area contributed by atoms with E-state index in [1.54, 1.807) is 19.1 Å². The van der Waals surface area contributed by atoms with Crippen molar-refractivity contribution in [1.82, 2.24) is 4.90 Å². The van der Waals surface area contributed by atoms with Crippen molar-refractivity contribution < 1.29 is 14.6 Å². The van der Waals surface area contributed by atoms with Gasteiger partial charge in [0.15, 0.2) is 0 Å². The topological polar surface area (TPSA) is 49.8 Å². The van der Waals surface area contributed by atoms with E-state index in [9.17, 15) is 4.79 Å². The van der Waals surface area contributed by atoms with Gasteiger partial charge in [-0.05, 0) is 24.6 Å². The minimum absolute atomic E-state index is 0.0887. The largest absolute Gasteiger partial charge is 0.462 e. The number of ether oxygens (including phenoxy) is 1. The predicted octanol–water partition coefficient (Wildman–Crippen LogP) is 2.31. The van der Waals surface area contributed by atoms with Crippen LogP contribution in [0.3, 0.4) is 0 Å². The van der Waals surface area contributed by atoms with Gasteiger partial charge in [-0.15, -0.1) is 0 Å². The van der Waals surface area contributed by atoms with E-state index < -0.39 is 0 Å². The molecule has 0 unspecified atom stereocenters. The quantitative estimate of drug-likeness (QED) is 0.642. The van der Waals surface area contributed by atoms with Crippen molar-refractivity contribution in [2.45, 2.75) is 12.7 Å². The number of aliphatic hydroxyl groups is 1. The van der Waals surface area contributed by atoms with Crippen molar-refractivity contribution in [3.63, 3.8) is 0 Å². The number of rotatable bonds is 6. The Balaban J connectivity index is 2.49. The Hall–Kier alpha value is -1.11. The zero-order valence-electron chi connectivity index (χ0n) is 11.7. The van der Waals surface area contributed by atoms with E-state index in [0.717, 1.165) is 15.6 Å². The van der Waals surface area contributed by atoms with E-state index in [2.05, 4.69) is 0 Å². The van der Waals surface area contributed by atoms with Gasteiger partial charge >= 0.3 is 5.97 Å². The van der Waals surface area contributed by atoms with E-state index in [1.807, 2.05) is 24.1 Å². The van der Waals surface area contributed by atoms with E-state index in [-0.39, 0.29) is 12.6 Å². The number of thiocarbonyl (C=S) groups is 1. The maximum atomic E-state index is 11.5. The van der Waals surface area contributed by atoms with Crippen LogP contribution in [0.2, 0.25) is 0 Å². The molecule has 0 heterocycles. The third-order valence-electron chi connectivity index (χ3n) is 2.57. The van der Waals surface area contributed by atoms with Crippen molar-refractivity contribution in [3.05, 3.63) is 35.4 Å². The molecule has 0 aromatic heterocycles. The summed E-state index contributed by atoms with van der Waals surface area (Å²) in [6.07, 6.45) is 0. The summed E-state index contributed by atoms with van der Waals surface area (Å²) < 4.78 is 5.67. The van der Waals surface area contributed by atoms with Crippen LogP contribution in [0.4, 0.5) is 0 Å². The standard InChI is InChI=1S/C14H19NO3S2/c1-3-18-13(17)12-6-4-11(5-7-12)10-20-14(19)15(2)8-9-16/h4-7,16H,3,8-10H2,1-2H3. The molecule has 0 atom stereocenters. The van der Waals surface area contributed by atoms with E-state index >= 15 is 0 Å². The van der Waals surface area contributed by atoms with Gasteiger partial charge in [0, 0.05) is 19.3 Å². The summed E-state index contributed by atoms with van der Waals surface area (Å²) in [6.45, 7) is 2.79. The first-order valence-electron chi connectivity index (χ1n) is 6.33. The van der Waals surface area contributed by atoms with Crippen LogP contribution < -0.4 is 0 Å². The summed E-state index contributed by atoms with van der Waals surface area (Å²) in [5, 5.41) is 8.84. The van der Waals surface area contributed by atoms with Gasteiger partial charge in [-0.25, -0.2) is 4.79 Å². The van der Waals surface area contributed by atoms with Gasteiger partial charge in [0.25, 0.3) is 0 Å². The summed E-state index contributed by atoms with van der Waals surface area (Å²) in [5.41, 5.74) is 1.64. The van der Waals surface area contributed by atoms with Crippen LogP contribution in [0.1, 0.15) is 22.8 Å². The van der Waals surface area contributed by atoms with Crippen LogP contribution >= 0.6 is 24.0 Å². The minimum atomic E-state index is -0.301. The first kappa shape index (κ1) is 16.9. The molecule has 0 amide bonds. The number of hydrogen-bond acceptors (Lipinski definition) is 5. The lowest BCUT2D eigenvalue weighted by Crippen LogP contribution is -2.25. The molecule has 1 aromatic carbocycles. The molecule has 1 aromatic rings. The monoisotopic (exact) mass is 313 g/mol. The van der Waals surface area contributed by atoms with E-state index in [1.165, 1.54) is 11.8 Å². The number of nitrogens with zero attached hydrogens (tertiary/aromatic N) is 1. The third-order valence-corrected chi connectivity index (χ3v) is 4.28. The number of esters is 1. The molecule has 4 nitrogen and oxygen atoms in total. The Morgan fingerprint density at radius 3 is 2.60 bits per heavy atom. The van der Waals surface area contributed by atoms with Gasteiger partial charge in [-0.3, -0.25) is 0 Å². The number of hydrogen-bond donors (Lipinski definition) is 1. The van der Waals surface area contributed by atoms with Crippen LogP contribution in [-0.2, 0) is 10.5 Å². The maximum absolute atomic E-state index is 11.5. The zero-order valence-corrected chi connectivity index (χ0v) is 13.3. The number of carbonyl (C=O) groups excluding carboxylic acids is 1. The van der Waals surface area contributed by atoms with Crippen molar-refractivity contribution in [1.29, 1.82) is 0 Å². The molecular weight excluding hydrogens is 294 g/mol. The molecule has 1 rings (SSSR count). The van der Waals surface area contributed by atoms with Gasteiger partial charge in [0.2, 0.25) is 0 Å². The Kier molecular flexibility index (Phi) is 7.58. The fourth-order valence-electron chi connectivity index (χ4n) is 1.45. The van der Waals surface area contributed by atoms with Gasteiger partial charge < -0.3 is 14.7 Å². The first-order chi connectivity index (χ1) is 9.58. The second kappa shape index (κ2) is 8.94. The fraction of sp³-hybridized carbons (Fsp3) is 0.429. The Labute approximate surface area is 129 Å². The van der Waals surface area contributed by atoms with Crippen molar-refractivity contribution in [2.75, 3.05) is 26.8 Å². The second-order valence-corrected chi connectivity index (χ2v) is 5.73. The third kappa shape index (κ3) is 5.48. The molecule has 0 bridgehead atoms. The molecule has 0 aliphatic carbocycles. The van der Waals surface area contributed by atoms with Gasteiger partial charge in [0.1, 0.15) is 4.32 Å². The molecule has 20 heavy (non-hydrogen) atoms. The summed E-state index contributed by atoms with van der Waals surface area (Å²) in [5.74, 6) is 0.433. The van der Waals surface area contributed by atoms with Crippen LogP contribution in [0.25, 0.3) is 0 Å². The fourth-order valence-corrected chi connectivity index (χ4v) is 2.51. The summed E-state index contributed by atoms with van der Waals surface area (Å²) in [7, 11) is 1.86. The normalized spacial score (nSPS) is 10.2. The average molecular weight is 313 g/mol. The molecule has 0 fully saturated rings. The molecule has 0 saturated carbocycles. The SMILES string of the molecule is CCOC(=O)c1ccc(CSC(=S)N(C)CCO)cc1. The summed E-state index contributed by atoms with van der Waals surface area (Å²) in [4.78, 5) is 13.3. The number of thioether (sulfide) groups is 1. The Morgan fingerprint density at radius 2 is 2.05 bits per heavy atom. The average Bonchev–Trinajstić information content (AvgIpc) is 2.45. The van der Waals surface area contributed by atoms with Gasteiger partial charge in [-0.2, -0.15) is 0 Å². The summed E-state index contributed by atoms with van der Waals surface area (Å²) in [6, 6.07) is 7.31. The number of likely N-dealkylation sites (N-methyl/N-ethyl adjacent to an activating group) is 1. The summed E-state index contributed by atoms with van der Waals surface area (Å²) >= 11 is 6.78. The lowest BCUT2D eigenvalue weighted by molar-refractivity contribution is 0.0526. The highest BCUT2D eigenvalue weighted by atomic mass is 32.2. The van der Waals surface area contributed by atoms with Gasteiger partial charge in [0.05, 0.1) is 18.8 Å². The molecular formula is C14H19NO3S2. The molecule has 0 aliphatic rings. The van der Waals surface area contributed by atoms with Crippen molar-refractivity contribution >= 4 is 34.3 Å². The van der Waals surface area contributed by atoms with Crippen LogP contribution in [0.15, 0.2) is 24.3 Å². The second-order valence-electron chi connectivity index (χ2n) is 4.12. The van der Waals surface area contributed by atoms with Crippen LogP contribution in [0.5, 0.6) is 0 Å². The Morgan fingerprint density at radius 1 is 1.40 bits per heavy atom. The maximum Gasteiger partial charge on any atom is 0.338 e. The zero-order chi connectivity index (χ0) is 15.0. The minimum Gasteiger partial charge on any atom is -0.462 e.